The Morgan fingerprint density at radius 1 is 0.488 bits per heavy atom. The van der Waals surface area contributed by atoms with E-state index in [1.54, 1.807) is 28.4 Å². The molecule has 7 nitrogen and oxygen atoms in total. The van der Waals surface area contributed by atoms with Crippen LogP contribution in [-0.4, -0.2) is 34.2 Å². The number of nitrogens with one attached hydrogen (secondary N) is 2. The van der Waals surface area contributed by atoms with Crippen LogP contribution in [0.3, 0.4) is 0 Å². The maximum atomic E-state index is 15.2. The summed E-state index contributed by atoms with van der Waals surface area (Å²) in [5.74, 6) is 2.93. The fourth-order valence-corrected chi connectivity index (χ4v) is 6.93. The van der Waals surface area contributed by atoms with Gasteiger partial charge in [0.05, 0.1) is 39.8 Å². The normalized spacial score (nSPS) is 26.4. The Morgan fingerprint density at radius 2 is 0.767 bits per heavy atom. The van der Waals surface area contributed by atoms with Gasteiger partial charge in [0.15, 0.2) is 0 Å². The second-order valence-electron chi connectivity index (χ2n) is 11.4. The third-order valence-electron chi connectivity index (χ3n) is 9.29. The molecule has 0 aromatic heterocycles. The van der Waals surface area contributed by atoms with Gasteiger partial charge >= 0.3 is 0 Å². The largest absolute Gasteiger partial charge is 0.497 e. The van der Waals surface area contributed by atoms with E-state index in [1.807, 2.05) is 48.5 Å². The molecule has 4 unspecified atom stereocenters. The van der Waals surface area contributed by atoms with E-state index >= 15 is 4.79 Å². The van der Waals surface area contributed by atoms with Crippen LogP contribution in [0.1, 0.15) is 53.3 Å². The molecule has 222 valence electrons. The van der Waals surface area contributed by atoms with Gasteiger partial charge in [0.2, 0.25) is 0 Å². The average Bonchev–Trinajstić information content (AvgIpc) is 3.06. The summed E-state index contributed by atoms with van der Waals surface area (Å²) in [6.45, 7) is 2.10. The van der Waals surface area contributed by atoms with Crippen LogP contribution in [0, 0.1) is 11.3 Å². The summed E-state index contributed by atoms with van der Waals surface area (Å²) in [6, 6.07) is 31.0. The lowest BCUT2D eigenvalue weighted by molar-refractivity contribution is -0.150. The van der Waals surface area contributed by atoms with Crippen molar-refractivity contribution in [1.29, 1.82) is 0 Å². The highest BCUT2D eigenvalue weighted by Gasteiger charge is 2.62. The van der Waals surface area contributed by atoms with Crippen molar-refractivity contribution in [2.24, 2.45) is 11.3 Å². The number of hydrogen-bond donors (Lipinski definition) is 2. The highest BCUT2D eigenvalue weighted by atomic mass is 16.5. The third kappa shape index (κ3) is 5.02. The van der Waals surface area contributed by atoms with E-state index in [9.17, 15) is 0 Å². The van der Waals surface area contributed by atoms with Crippen LogP contribution < -0.4 is 29.6 Å². The predicted molar refractivity (Wildman–Crippen MR) is 166 cm³/mol. The Hall–Kier alpha value is -4.33. The van der Waals surface area contributed by atoms with Crippen molar-refractivity contribution >= 4 is 5.78 Å². The fourth-order valence-electron chi connectivity index (χ4n) is 6.93. The lowest BCUT2D eigenvalue weighted by atomic mass is 9.56. The molecular weight excluding hydrogens is 540 g/mol. The number of carbonyl (C=O) groups is 1. The van der Waals surface area contributed by atoms with E-state index in [2.05, 4.69) is 66.1 Å². The first-order valence-electron chi connectivity index (χ1n) is 14.5. The van der Waals surface area contributed by atoms with Gasteiger partial charge < -0.3 is 29.6 Å². The number of benzene rings is 4. The first-order valence-corrected chi connectivity index (χ1v) is 14.5. The molecule has 4 aromatic rings. The number of methoxy groups -OCH3 is 4. The Bertz CT molecular complexity index is 1440. The van der Waals surface area contributed by atoms with Gasteiger partial charge in [-0.05, 0) is 77.7 Å². The van der Waals surface area contributed by atoms with E-state index in [0.29, 0.717) is 0 Å². The van der Waals surface area contributed by atoms with E-state index < -0.39 is 5.41 Å². The first kappa shape index (κ1) is 28.8. The molecule has 7 heteroatoms. The van der Waals surface area contributed by atoms with Gasteiger partial charge in [0.25, 0.3) is 0 Å². The molecule has 2 bridgehead atoms. The zero-order valence-electron chi connectivity index (χ0n) is 25.2. The number of piperidine rings is 2. The van der Waals surface area contributed by atoms with Gasteiger partial charge in [-0.15, -0.1) is 0 Å². The zero-order chi connectivity index (χ0) is 30.1. The van der Waals surface area contributed by atoms with Crippen LogP contribution in [0.2, 0.25) is 0 Å². The highest BCUT2D eigenvalue weighted by molar-refractivity contribution is 5.92. The maximum absolute atomic E-state index is 15.2. The van der Waals surface area contributed by atoms with Crippen molar-refractivity contribution in [2.45, 2.75) is 31.1 Å². The summed E-state index contributed by atoms with van der Waals surface area (Å²) in [5.41, 5.74) is 3.29. The van der Waals surface area contributed by atoms with Gasteiger partial charge in [-0.2, -0.15) is 0 Å². The van der Waals surface area contributed by atoms with Crippen molar-refractivity contribution in [3.05, 3.63) is 119 Å². The molecule has 4 aromatic carbocycles. The molecule has 2 fully saturated rings. The van der Waals surface area contributed by atoms with Crippen LogP contribution in [0.15, 0.2) is 97.1 Å². The Morgan fingerprint density at radius 3 is 1.05 bits per heavy atom. The minimum atomic E-state index is -0.820. The molecule has 6 rings (SSSR count). The summed E-state index contributed by atoms with van der Waals surface area (Å²) >= 11 is 0. The van der Waals surface area contributed by atoms with Crippen molar-refractivity contribution < 1.29 is 23.7 Å². The van der Waals surface area contributed by atoms with Crippen LogP contribution in [0.5, 0.6) is 23.0 Å². The fraction of sp³-hybridized carbons (Fsp3) is 0.306. The number of ether oxygens (including phenoxy) is 4. The summed E-state index contributed by atoms with van der Waals surface area (Å²) < 4.78 is 21.8. The lowest BCUT2D eigenvalue weighted by Gasteiger charge is -2.58. The Balaban J connectivity index is 1.53. The number of fused-ring (bicyclic) bond motifs is 2. The van der Waals surface area contributed by atoms with E-state index in [0.717, 1.165) is 45.3 Å². The molecule has 0 saturated carbocycles. The van der Waals surface area contributed by atoms with E-state index in [-0.39, 0.29) is 35.9 Å². The first-order chi connectivity index (χ1) is 20.9. The van der Waals surface area contributed by atoms with Crippen molar-refractivity contribution in [1.82, 2.24) is 10.6 Å². The minimum Gasteiger partial charge on any atom is -0.497 e. The number of carbonyl (C=O) groups excluding carboxylic acids is 1. The highest BCUT2D eigenvalue weighted by Crippen LogP contribution is 2.58. The minimum absolute atomic E-state index is 0.216. The van der Waals surface area contributed by atoms with Gasteiger partial charge in [0.1, 0.15) is 28.8 Å². The third-order valence-corrected chi connectivity index (χ3v) is 9.29. The van der Waals surface area contributed by atoms with Gasteiger partial charge in [-0.3, -0.25) is 4.79 Å². The second kappa shape index (κ2) is 11.7. The molecule has 2 heterocycles. The molecule has 2 aliphatic heterocycles. The Kier molecular flexibility index (Phi) is 7.86. The molecule has 2 aliphatic rings. The Labute approximate surface area is 253 Å². The number of ketones is 1. The zero-order valence-corrected chi connectivity index (χ0v) is 25.2. The van der Waals surface area contributed by atoms with E-state index in [1.165, 1.54) is 0 Å². The SMILES string of the molecule is COc1ccc(C2NC(c3ccc(OC)cc3)C3(C)C(=O)C2C(c2ccc(OC)cc2)NC3c2ccc(OC)cc2)cc1. The predicted octanol–water partition coefficient (Wildman–Crippen LogP) is 6.38. The number of hydrogen-bond acceptors (Lipinski definition) is 7. The molecule has 0 amide bonds. The number of Topliss-reactive ketones (excluding diaryl/α,β-unsaturated/α-hetero) is 1. The summed E-state index contributed by atoms with van der Waals surface area (Å²) in [4.78, 5) is 15.2. The van der Waals surface area contributed by atoms with Crippen LogP contribution in [0.25, 0.3) is 0 Å². The number of rotatable bonds is 8. The van der Waals surface area contributed by atoms with Crippen molar-refractivity contribution in [3.63, 3.8) is 0 Å². The average molecular weight is 579 g/mol. The topological polar surface area (TPSA) is 78.1 Å². The molecule has 0 radical (unpaired) electrons. The molecular formula is C36H38N2O5. The van der Waals surface area contributed by atoms with Crippen LogP contribution in [-0.2, 0) is 4.79 Å². The molecule has 0 aliphatic carbocycles. The van der Waals surface area contributed by atoms with Crippen LogP contribution in [0.4, 0.5) is 0 Å². The van der Waals surface area contributed by atoms with Crippen molar-refractivity contribution in [3.8, 4) is 23.0 Å². The summed E-state index contributed by atoms with van der Waals surface area (Å²) in [6.07, 6.45) is 0. The summed E-state index contributed by atoms with van der Waals surface area (Å²) in [7, 11) is 6.64. The molecule has 2 saturated heterocycles. The van der Waals surface area contributed by atoms with Gasteiger partial charge in [-0.25, -0.2) is 0 Å². The molecule has 43 heavy (non-hydrogen) atoms. The smallest absolute Gasteiger partial charge is 0.149 e. The van der Waals surface area contributed by atoms with Crippen LogP contribution >= 0.6 is 0 Å². The maximum Gasteiger partial charge on any atom is 0.149 e. The monoisotopic (exact) mass is 578 g/mol. The van der Waals surface area contributed by atoms with Gasteiger partial charge in [0, 0.05) is 24.2 Å². The lowest BCUT2D eigenvalue weighted by Crippen LogP contribution is -2.65. The standard InChI is InChI=1S/C36H38N2O5/c1-36-33(24-10-18-28(42-4)19-11-24)37-31(22-6-14-26(40-2)15-7-22)30(35(36)39)32(23-8-16-27(41-3)17-9-23)38-34(36)25-12-20-29(43-5)21-13-25/h6-21,30-34,37-38H,1-5H3. The van der Waals surface area contributed by atoms with Gasteiger partial charge in [-0.1, -0.05) is 48.5 Å². The second-order valence-corrected chi connectivity index (χ2v) is 11.4. The molecule has 2 N–H and O–H groups in total. The summed E-state index contributed by atoms with van der Waals surface area (Å²) in [5, 5.41) is 7.97. The quantitative estimate of drug-likeness (QED) is 0.251. The molecule has 4 atom stereocenters. The van der Waals surface area contributed by atoms with E-state index in [4.69, 9.17) is 18.9 Å². The molecule has 0 spiro atoms. The van der Waals surface area contributed by atoms with Crippen molar-refractivity contribution in [2.75, 3.05) is 28.4 Å².